The van der Waals surface area contributed by atoms with Crippen LogP contribution in [0.3, 0.4) is 0 Å². The monoisotopic (exact) mass is 514 g/mol. The third-order valence-electron chi connectivity index (χ3n) is 7.79. The minimum Gasteiger partial charge on any atom is -0.389 e. The number of benzodiazepines with no additional fused rings is 1. The minimum absolute atomic E-state index is 0.0556. The highest BCUT2D eigenvalue weighted by atomic mass is 35.5. The number of fused-ring (bicyclic) bond motifs is 1. The van der Waals surface area contributed by atoms with Crippen molar-refractivity contribution in [2.45, 2.75) is 84.0 Å². The lowest BCUT2D eigenvalue weighted by Gasteiger charge is -2.47. The van der Waals surface area contributed by atoms with Gasteiger partial charge in [-0.3, -0.25) is 4.79 Å². The highest BCUT2D eigenvalue weighted by Gasteiger charge is 2.50. The molecule has 1 amide bonds. The summed E-state index contributed by atoms with van der Waals surface area (Å²) in [6, 6.07) is 15.8. The van der Waals surface area contributed by atoms with Gasteiger partial charge in [-0.2, -0.15) is 0 Å². The van der Waals surface area contributed by atoms with Crippen molar-refractivity contribution in [3.8, 4) is 0 Å². The van der Waals surface area contributed by atoms with Crippen molar-refractivity contribution in [2.24, 2.45) is 4.99 Å². The van der Waals surface area contributed by atoms with Crippen LogP contribution in [0.4, 0.5) is 5.69 Å². The van der Waals surface area contributed by atoms with Crippen molar-refractivity contribution in [2.75, 3.05) is 4.57 Å². The molecule has 0 saturated carbocycles. The average molecular weight is 515 g/mol. The van der Waals surface area contributed by atoms with E-state index in [1.54, 1.807) is 0 Å². The molecule has 0 aliphatic carbocycles. The summed E-state index contributed by atoms with van der Waals surface area (Å²) in [5.41, 5.74) is 3.43. The third kappa shape index (κ3) is 4.96. The SMILES string of the molecule is CC(C)(C)[Si](C)(C)OC1N=C(c2ccccc2)c2cc(Cl)ccc2N([Si](C)(C)C(C)(C)C)C1=O. The fourth-order valence-corrected chi connectivity index (χ4v) is 7.00. The summed E-state index contributed by atoms with van der Waals surface area (Å²) in [7, 11) is -4.66. The summed E-state index contributed by atoms with van der Waals surface area (Å²) in [5, 5.41) is 0.493. The first-order valence-corrected chi connectivity index (χ1v) is 18.2. The van der Waals surface area contributed by atoms with Gasteiger partial charge in [0.05, 0.1) is 5.71 Å². The van der Waals surface area contributed by atoms with Gasteiger partial charge in [0.1, 0.15) is 0 Å². The van der Waals surface area contributed by atoms with E-state index < -0.39 is 22.8 Å². The first kappa shape index (κ1) is 26.9. The third-order valence-corrected chi connectivity index (χ3v) is 17.7. The molecule has 1 heterocycles. The molecule has 1 aliphatic heterocycles. The molecular weight excluding hydrogens is 476 g/mol. The average Bonchev–Trinajstić information content (AvgIpc) is 2.81. The van der Waals surface area contributed by atoms with Crippen LogP contribution in [0.1, 0.15) is 52.7 Å². The first-order chi connectivity index (χ1) is 15.5. The molecule has 2 aromatic carbocycles. The lowest BCUT2D eigenvalue weighted by Crippen LogP contribution is -2.61. The number of aliphatic imine (C=N–C) groups is 1. The Morgan fingerprint density at radius 1 is 0.912 bits per heavy atom. The molecule has 0 aromatic heterocycles. The second kappa shape index (κ2) is 9.05. The van der Waals surface area contributed by atoms with Gasteiger partial charge >= 0.3 is 0 Å². The van der Waals surface area contributed by atoms with Gasteiger partial charge in [0.2, 0.25) is 6.23 Å². The van der Waals surface area contributed by atoms with Crippen molar-refractivity contribution >= 4 is 45.5 Å². The molecule has 0 fully saturated rings. The van der Waals surface area contributed by atoms with Gasteiger partial charge in [-0.05, 0) is 41.4 Å². The number of rotatable bonds is 4. The fraction of sp³-hybridized carbons (Fsp3) is 0.481. The normalized spacial score (nSPS) is 17.9. The topological polar surface area (TPSA) is 41.9 Å². The zero-order valence-corrected chi connectivity index (χ0v) is 25.0. The summed E-state index contributed by atoms with van der Waals surface area (Å²) in [5.74, 6) is -0.0779. The molecule has 0 bridgehead atoms. The van der Waals surface area contributed by atoms with Crippen LogP contribution in [0, 0.1) is 0 Å². The molecule has 4 nitrogen and oxygen atoms in total. The van der Waals surface area contributed by atoms with Crippen molar-refractivity contribution in [3.05, 3.63) is 64.7 Å². The summed E-state index contributed by atoms with van der Waals surface area (Å²) in [6.07, 6.45) is -0.906. The first-order valence-electron chi connectivity index (χ1n) is 11.9. The van der Waals surface area contributed by atoms with Gasteiger partial charge in [0, 0.05) is 21.8 Å². The Balaban J connectivity index is 2.34. The van der Waals surface area contributed by atoms with Crippen LogP contribution < -0.4 is 4.57 Å². The molecule has 0 saturated heterocycles. The van der Waals surface area contributed by atoms with Crippen LogP contribution in [0.15, 0.2) is 53.5 Å². The molecule has 184 valence electrons. The number of benzene rings is 2. The van der Waals surface area contributed by atoms with Gasteiger partial charge in [-0.1, -0.05) is 96.6 Å². The summed E-state index contributed by atoms with van der Waals surface area (Å²) < 4.78 is 8.77. The maximum Gasteiger partial charge on any atom is 0.270 e. The molecule has 0 spiro atoms. The highest BCUT2D eigenvalue weighted by molar-refractivity contribution is 6.87. The maximum atomic E-state index is 14.4. The van der Waals surface area contributed by atoms with E-state index in [0.717, 1.165) is 22.5 Å². The van der Waals surface area contributed by atoms with Gasteiger partial charge in [0.15, 0.2) is 16.6 Å². The predicted molar refractivity (Wildman–Crippen MR) is 150 cm³/mol. The highest BCUT2D eigenvalue weighted by Crippen LogP contribution is 2.45. The Hall–Kier alpha value is -1.74. The van der Waals surface area contributed by atoms with E-state index in [1.807, 2.05) is 53.1 Å². The zero-order valence-electron chi connectivity index (χ0n) is 22.3. The van der Waals surface area contributed by atoms with Crippen LogP contribution in [-0.4, -0.2) is 34.4 Å². The number of hydrogen-bond acceptors (Lipinski definition) is 3. The van der Waals surface area contributed by atoms with Gasteiger partial charge in [-0.15, -0.1) is 0 Å². The van der Waals surface area contributed by atoms with E-state index in [2.05, 4.69) is 67.7 Å². The summed E-state index contributed by atoms with van der Waals surface area (Å²) >= 11 is 6.50. The van der Waals surface area contributed by atoms with Crippen LogP contribution in [0.2, 0.25) is 41.3 Å². The van der Waals surface area contributed by atoms with E-state index >= 15 is 0 Å². The Morgan fingerprint density at radius 2 is 1.50 bits per heavy atom. The van der Waals surface area contributed by atoms with Gasteiger partial charge in [-0.25, -0.2) is 4.99 Å². The summed E-state index contributed by atoms with van der Waals surface area (Å²) in [6.45, 7) is 22.0. The number of halogens is 1. The molecule has 1 aliphatic rings. The molecule has 0 N–H and O–H groups in total. The number of carbonyl (C=O) groups is 1. The Morgan fingerprint density at radius 3 is 2.03 bits per heavy atom. The second-order valence-corrected chi connectivity index (χ2v) is 22.5. The molecular formula is C27H39ClN2O2Si2. The van der Waals surface area contributed by atoms with Crippen LogP contribution in [0.25, 0.3) is 0 Å². The summed E-state index contributed by atoms with van der Waals surface area (Å²) in [4.78, 5) is 19.4. The van der Waals surface area contributed by atoms with Crippen LogP contribution in [0.5, 0.6) is 0 Å². The van der Waals surface area contributed by atoms with E-state index in [1.165, 1.54) is 0 Å². The Bertz CT molecular complexity index is 1100. The standard InChI is InChI=1S/C27H39ClN2O2Si2/c1-26(2,3)33(7,8)30-22-17-16-20(28)18-21(22)23(19-14-12-11-13-15-19)29-24(25(30)31)32-34(9,10)27(4,5)6/h11-18,24H,1-10H3. The number of nitrogens with zero attached hydrogens (tertiary/aromatic N) is 2. The van der Waals surface area contributed by atoms with E-state index in [9.17, 15) is 4.79 Å². The van der Waals surface area contributed by atoms with Crippen molar-refractivity contribution < 1.29 is 9.22 Å². The van der Waals surface area contributed by atoms with Crippen molar-refractivity contribution in [1.29, 1.82) is 0 Å². The fourth-order valence-electron chi connectivity index (χ4n) is 3.63. The number of carbonyl (C=O) groups excluding carboxylic acids is 1. The number of amides is 1. The van der Waals surface area contributed by atoms with E-state index in [-0.39, 0.29) is 16.0 Å². The predicted octanol–water partition coefficient (Wildman–Crippen LogP) is 7.88. The minimum atomic E-state index is -2.36. The van der Waals surface area contributed by atoms with E-state index in [0.29, 0.717) is 5.02 Å². The van der Waals surface area contributed by atoms with Gasteiger partial charge in [0.25, 0.3) is 5.91 Å². The number of anilines is 1. The maximum absolute atomic E-state index is 14.4. The molecule has 3 rings (SSSR count). The molecule has 1 unspecified atom stereocenters. The van der Waals surface area contributed by atoms with E-state index in [4.69, 9.17) is 21.0 Å². The lowest BCUT2D eigenvalue weighted by atomic mass is 10.0. The number of hydrogen-bond donors (Lipinski definition) is 0. The Labute approximate surface area is 212 Å². The van der Waals surface area contributed by atoms with Crippen molar-refractivity contribution in [1.82, 2.24) is 0 Å². The lowest BCUT2D eigenvalue weighted by molar-refractivity contribution is -0.124. The zero-order chi connectivity index (χ0) is 25.7. The Kier molecular flexibility index (Phi) is 7.15. The molecule has 7 heteroatoms. The van der Waals surface area contributed by atoms with Crippen LogP contribution >= 0.6 is 11.6 Å². The van der Waals surface area contributed by atoms with Gasteiger partial charge < -0.3 is 8.99 Å². The second-order valence-electron chi connectivity index (χ2n) is 12.2. The molecule has 0 radical (unpaired) electrons. The quantitative estimate of drug-likeness (QED) is 0.389. The molecule has 34 heavy (non-hydrogen) atoms. The van der Waals surface area contributed by atoms with Crippen LogP contribution in [-0.2, 0) is 9.22 Å². The molecule has 2 aromatic rings. The smallest absolute Gasteiger partial charge is 0.270 e. The molecule has 1 atom stereocenters. The largest absolute Gasteiger partial charge is 0.389 e. The van der Waals surface area contributed by atoms with Crippen molar-refractivity contribution in [3.63, 3.8) is 0 Å².